The van der Waals surface area contributed by atoms with Crippen molar-refractivity contribution in [3.63, 3.8) is 0 Å². The smallest absolute Gasteiger partial charge is 0.193 e. The largest absolute Gasteiger partial charge is 0.349 e. The fraction of sp³-hybridized carbons (Fsp3) is 0.647. The zero-order valence-electron chi connectivity index (χ0n) is 13.4. The number of benzene rings is 1. The summed E-state index contributed by atoms with van der Waals surface area (Å²) in [5, 5.41) is 9.46. The van der Waals surface area contributed by atoms with Crippen LogP contribution >= 0.6 is 0 Å². The summed E-state index contributed by atoms with van der Waals surface area (Å²) < 4.78 is 11.7. The third kappa shape index (κ3) is 5.40. The van der Waals surface area contributed by atoms with Crippen LogP contribution in [0.1, 0.15) is 52.0 Å². The summed E-state index contributed by atoms with van der Waals surface area (Å²) in [7, 11) is 0. The molecule has 1 N–H and O–H groups in total. The van der Waals surface area contributed by atoms with Gasteiger partial charge in [0.05, 0.1) is 0 Å². The highest BCUT2D eigenvalue weighted by Crippen LogP contribution is 2.31. The standard InChI is InChI=1S/C17H28O4/c1-4-6-13-19-16(20-14-7-5-2)17(3,21-18)15-11-9-8-10-12-15/h8-12,16,18H,4-7,13-14H2,1-3H3. The Hall–Kier alpha value is -0.940. The predicted octanol–water partition coefficient (Wildman–Crippen LogP) is 4.35. The van der Waals surface area contributed by atoms with E-state index in [0.29, 0.717) is 13.2 Å². The van der Waals surface area contributed by atoms with Gasteiger partial charge in [0.2, 0.25) is 0 Å². The summed E-state index contributed by atoms with van der Waals surface area (Å²) in [6.07, 6.45) is 3.35. The van der Waals surface area contributed by atoms with Crippen LogP contribution in [0.2, 0.25) is 0 Å². The van der Waals surface area contributed by atoms with Gasteiger partial charge in [0.1, 0.15) is 0 Å². The lowest BCUT2D eigenvalue weighted by Gasteiger charge is -2.34. The Bertz CT molecular complexity index is 358. The van der Waals surface area contributed by atoms with E-state index in [-0.39, 0.29) is 0 Å². The van der Waals surface area contributed by atoms with Crippen LogP contribution in [-0.2, 0) is 20.0 Å². The van der Waals surface area contributed by atoms with Crippen molar-refractivity contribution in [1.82, 2.24) is 0 Å². The van der Waals surface area contributed by atoms with Crippen molar-refractivity contribution in [3.8, 4) is 0 Å². The van der Waals surface area contributed by atoms with Gasteiger partial charge in [-0.05, 0) is 25.3 Å². The van der Waals surface area contributed by atoms with Crippen molar-refractivity contribution < 1.29 is 19.6 Å². The van der Waals surface area contributed by atoms with E-state index in [0.717, 1.165) is 31.2 Å². The number of unbranched alkanes of at least 4 members (excludes halogenated alkanes) is 2. The van der Waals surface area contributed by atoms with E-state index in [9.17, 15) is 5.26 Å². The van der Waals surface area contributed by atoms with Gasteiger partial charge in [-0.25, -0.2) is 4.89 Å². The first-order chi connectivity index (χ1) is 10.2. The Balaban J connectivity index is 2.84. The zero-order chi connectivity index (χ0) is 15.6. The second kappa shape index (κ2) is 9.90. The van der Waals surface area contributed by atoms with Crippen molar-refractivity contribution in [2.24, 2.45) is 0 Å². The molecule has 0 heterocycles. The van der Waals surface area contributed by atoms with E-state index >= 15 is 0 Å². The minimum absolute atomic E-state index is 0.582. The lowest BCUT2D eigenvalue weighted by molar-refractivity contribution is -0.383. The Morgan fingerprint density at radius 1 is 1.00 bits per heavy atom. The maximum absolute atomic E-state index is 9.46. The molecule has 1 rings (SSSR count). The van der Waals surface area contributed by atoms with Gasteiger partial charge in [-0.3, -0.25) is 5.26 Å². The Morgan fingerprint density at radius 3 is 1.95 bits per heavy atom. The molecule has 1 aromatic carbocycles. The second-order valence-electron chi connectivity index (χ2n) is 5.34. The Labute approximate surface area is 128 Å². The molecule has 0 amide bonds. The van der Waals surface area contributed by atoms with E-state index in [4.69, 9.17) is 14.4 Å². The molecule has 0 saturated carbocycles. The molecule has 1 aromatic rings. The minimum Gasteiger partial charge on any atom is -0.349 e. The van der Waals surface area contributed by atoms with E-state index in [1.807, 2.05) is 30.3 Å². The van der Waals surface area contributed by atoms with Gasteiger partial charge >= 0.3 is 0 Å². The summed E-state index contributed by atoms with van der Waals surface area (Å²) in [6.45, 7) is 7.16. The SMILES string of the molecule is CCCCOC(OCCCC)C(C)(OO)c1ccccc1. The van der Waals surface area contributed by atoms with E-state index < -0.39 is 11.9 Å². The summed E-state index contributed by atoms with van der Waals surface area (Å²) in [5.74, 6) is 0. The first-order valence-electron chi connectivity index (χ1n) is 7.80. The summed E-state index contributed by atoms with van der Waals surface area (Å²) in [5.41, 5.74) is -0.214. The molecule has 1 atom stereocenters. The molecule has 0 aliphatic carbocycles. The molecule has 0 fully saturated rings. The number of hydrogen-bond donors (Lipinski definition) is 1. The van der Waals surface area contributed by atoms with E-state index in [1.54, 1.807) is 6.92 Å². The van der Waals surface area contributed by atoms with E-state index in [2.05, 4.69) is 13.8 Å². The topological polar surface area (TPSA) is 47.9 Å². The van der Waals surface area contributed by atoms with E-state index in [1.165, 1.54) is 0 Å². The van der Waals surface area contributed by atoms with Crippen LogP contribution in [0.15, 0.2) is 30.3 Å². The second-order valence-corrected chi connectivity index (χ2v) is 5.34. The normalized spacial score (nSPS) is 14.3. The molecule has 21 heavy (non-hydrogen) atoms. The number of rotatable bonds is 11. The molecule has 0 aromatic heterocycles. The summed E-state index contributed by atoms with van der Waals surface area (Å²) in [4.78, 5) is 4.80. The van der Waals surface area contributed by atoms with Crippen LogP contribution in [0, 0.1) is 0 Å². The molecule has 4 nitrogen and oxygen atoms in total. The van der Waals surface area contributed by atoms with Crippen molar-refractivity contribution in [3.05, 3.63) is 35.9 Å². The highest BCUT2D eigenvalue weighted by atomic mass is 17.1. The van der Waals surface area contributed by atoms with Gasteiger partial charge in [-0.1, -0.05) is 57.0 Å². The average molecular weight is 296 g/mol. The molecule has 0 saturated heterocycles. The van der Waals surface area contributed by atoms with Crippen LogP contribution in [0.4, 0.5) is 0 Å². The quantitative estimate of drug-likeness (QED) is 0.285. The highest BCUT2D eigenvalue weighted by Gasteiger charge is 2.40. The highest BCUT2D eigenvalue weighted by molar-refractivity contribution is 5.22. The van der Waals surface area contributed by atoms with Gasteiger partial charge in [-0.2, -0.15) is 0 Å². The van der Waals surface area contributed by atoms with Crippen LogP contribution in [0.3, 0.4) is 0 Å². The van der Waals surface area contributed by atoms with Gasteiger partial charge in [-0.15, -0.1) is 0 Å². The summed E-state index contributed by atoms with van der Waals surface area (Å²) >= 11 is 0. The predicted molar refractivity (Wildman–Crippen MR) is 83.0 cm³/mol. The fourth-order valence-electron chi connectivity index (χ4n) is 2.04. The Kier molecular flexibility index (Phi) is 8.54. The fourth-order valence-corrected chi connectivity index (χ4v) is 2.04. The molecular weight excluding hydrogens is 268 g/mol. The Morgan fingerprint density at radius 2 is 1.52 bits per heavy atom. The monoisotopic (exact) mass is 296 g/mol. The van der Waals surface area contributed by atoms with Crippen molar-refractivity contribution in [2.45, 2.75) is 58.3 Å². The lowest BCUT2D eigenvalue weighted by atomic mass is 9.95. The first kappa shape index (κ1) is 18.1. The first-order valence-corrected chi connectivity index (χ1v) is 7.80. The van der Waals surface area contributed by atoms with Crippen LogP contribution in [0.5, 0.6) is 0 Å². The molecule has 0 radical (unpaired) electrons. The molecule has 0 aliphatic rings. The van der Waals surface area contributed by atoms with Crippen LogP contribution in [-0.4, -0.2) is 24.8 Å². The van der Waals surface area contributed by atoms with Gasteiger partial charge in [0.15, 0.2) is 11.9 Å². The van der Waals surface area contributed by atoms with Crippen molar-refractivity contribution >= 4 is 0 Å². The summed E-state index contributed by atoms with van der Waals surface area (Å²) in [6, 6.07) is 9.53. The third-order valence-corrected chi connectivity index (χ3v) is 3.52. The van der Waals surface area contributed by atoms with Gasteiger partial charge in [0, 0.05) is 13.2 Å². The molecule has 120 valence electrons. The van der Waals surface area contributed by atoms with Crippen LogP contribution in [0.25, 0.3) is 0 Å². The molecular formula is C17H28O4. The average Bonchev–Trinajstić information content (AvgIpc) is 2.54. The minimum atomic E-state index is -1.04. The maximum Gasteiger partial charge on any atom is 0.193 e. The maximum atomic E-state index is 9.46. The molecule has 0 spiro atoms. The van der Waals surface area contributed by atoms with Gasteiger partial charge in [0.25, 0.3) is 0 Å². The molecule has 0 bridgehead atoms. The molecule has 4 heteroatoms. The number of ether oxygens (including phenoxy) is 2. The molecule has 0 aliphatic heterocycles. The number of hydrogen-bond acceptors (Lipinski definition) is 4. The lowest BCUT2D eigenvalue weighted by Crippen LogP contribution is -2.43. The van der Waals surface area contributed by atoms with Crippen molar-refractivity contribution in [2.75, 3.05) is 13.2 Å². The molecule has 1 unspecified atom stereocenters. The van der Waals surface area contributed by atoms with Crippen molar-refractivity contribution in [1.29, 1.82) is 0 Å². The van der Waals surface area contributed by atoms with Crippen LogP contribution < -0.4 is 0 Å². The third-order valence-electron chi connectivity index (χ3n) is 3.52. The van der Waals surface area contributed by atoms with Gasteiger partial charge < -0.3 is 9.47 Å². The zero-order valence-corrected chi connectivity index (χ0v) is 13.4.